The molecule has 162 valence electrons. The van der Waals surface area contributed by atoms with E-state index < -0.39 is 0 Å². The molecular formula is C23H32N4O2S. The quantitative estimate of drug-likeness (QED) is 0.588. The van der Waals surface area contributed by atoms with Gasteiger partial charge in [0.15, 0.2) is 4.96 Å². The number of nitrogens with zero attached hydrogens (tertiary/aromatic N) is 4. The van der Waals surface area contributed by atoms with E-state index in [4.69, 9.17) is 9.72 Å². The number of carbonyl (C=O) groups is 1. The van der Waals surface area contributed by atoms with Crippen molar-refractivity contribution in [2.45, 2.75) is 46.3 Å². The Labute approximate surface area is 182 Å². The van der Waals surface area contributed by atoms with E-state index in [1.165, 1.54) is 23.3 Å². The maximum absolute atomic E-state index is 12.8. The summed E-state index contributed by atoms with van der Waals surface area (Å²) >= 11 is 1.46. The van der Waals surface area contributed by atoms with Crippen LogP contribution in [-0.2, 0) is 11.3 Å². The first-order chi connectivity index (χ1) is 14.2. The highest BCUT2D eigenvalue weighted by molar-refractivity contribution is 7.18. The van der Waals surface area contributed by atoms with Crippen molar-refractivity contribution < 1.29 is 9.53 Å². The number of amides is 1. The Hall–Kier alpha value is -1.96. The molecule has 0 bridgehead atoms. The Kier molecular flexibility index (Phi) is 5.88. The van der Waals surface area contributed by atoms with Crippen LogP contribution in [0.5, 0.6) is 0 Å². The van der Waals surface area contributed by atoms with Crippen molar-refractivity contribution in [2.75, 3.05) is 33.8 Å². The van der Waals surface area contributed by atoms with Gasteiger partial charge in [-0.2, -0.15) is 0 Å². The Morgan fingerprint density at radius 3 is 2.83 bits per heavy atom. The first-order valence-corrected chi connectivity index (χ1v) is 11.5. The number of likely N-dealkylation sites (N-methyl/N-ethyl adjacent to an activating group) is 1. The lowest BCUT2D eigenvalue weighted by atomic mass is 9.96. The molecule has 4 rings (SSSR count). The molecule has 0 spiro atoms. The predicted molar refractivity (Wildman–Crippen MR) is 122 cm³/mol. The molecule has 1 fully saturated rings. The summed E-state index contributed by atoms with van der Waals surface area (Å²) in [6, 6.07) is 6.44. The molecule has 3 aromatic rings. The zero-order valence-corrected chi connectivity index (χ0v) is 19.5. The standard InChI is InChI=1S/C23H32N4O2S/c1-23(2,3)15-26(5)21(28)20-14-27-19-9-8-16(11-18(19)24-22(27)30-20)12-25(4)13-17-7-6-10-29-17/h8-9,11,14,17H,6-7,10,12-13,15H2,1-5H3. The molecule has 1 amide bonds. The van der Waals surface area contributed by atoms with E-state index in [1.807, 2.05) is 17.6 Å². The van der Waals surface area contributed by atoms with Crippen molar-refractivity contribution in [3.8, 4) is 0 Å². The second-order valence-electron chi connectivity index (χ2n) is 9.74. The largest absolute Gasteiger partial charge is 0.377 e. The van der Waals surface area contributed by atoms with Gasteiger partial charge in [-0.3, -0.25) is 14.1 Å². The van der Waals surface area contributed by atoms with Crippen LogP contribution in [0.25, 0.3) is 16.0 Å². The van der Waals surface area contributed by atoms with E-state index in [0.717, 1.165) is 53.5 Å². The minimum Gasteiger partial charge on any atom is -0.377 e. The van der Waals surface area contributed by atoms with Crippen LogP contribution in [0.3, 0.4) is 0 Å². The zero-order valence-electron chi connectivity index (χ0n) is 18.6. The molecule has 0 saturated carbocycles. The molecule has 1 atom stereocenters. The van der Waals surface area contributed by atoms with Crippen LogP contribution in [0.15, 0.2) is 24.4 Å². The van der Waals surface area contributed by atoms with Gasteiger partial charge in [0.05, 0.1) is 17.1 Å². The molecule has 1 aliphatic rings. The maximum atomic E-state index is 12.8. The summed E-state index contributed by atoms with van der Waals surface area (Å²) in [5.41, 5.74) is 3.34. The molecule has 0 N–H and O–H groups in total. The molecule has 2 aromatic heterocycles. The van der Waals surface area contributed by atoms with Crippen LogP contribution in [0.1, 0.15) is 48.8 Å². The minimum absolute atomic E-state index is 0.0564. The first-order valence-electron chi connectivity index (χ1n) is 10.7. The van der Waals surface area contributed by atoms with Gasteiger partial charge >= 0.3 is 0 Å². The lowest BCUT2D eigenvalue weighted by Gasteiger charge is -2.26. The van der Waals surface area contributed by atoms with Crippen molar-refractivity contribution in [1.82, 2.24) is 19.2 Å². The molecule has 1 saturated heterocycles. The Morgan fingerprint density at radius 2 is 2.13 bits per heavy atom. The molecule has 0 aliphatic carbocycles. The average molecular weight is 429 g/mol. The van der Waals surface area contributed by atoms with E-state index in [9.17, 15) is 4.79 Å². The van der Waals surface area contributed by atoms with Crippen LogP contribution < -0.4 is 0 Å². The summed E-state index contributed by atoms with van der Waals surface area (Å²) < 4.78 is 7.79. The van der Waals surface area contributed by atoms with Gasteiger partial charge in [0, 0.05) is 39.5 Å². The zero-order chi connectivity index (χ0) is 21.5. The molecule has 1 aliphatic heterocycles. The van der Waals surface area contributed by atoms with Gasteiger partial charge in [-0.15, -0.1) is 0 Å². The van der Waals surface area contributed by atoms with Crippen LogP contribution in [0.4, 0.5) is 0 Å². The van der Waals surface area contributed by atoms with Crippen molar-refractivity contribution in [1.29, 1.82) is 0 Å². The van der Waals surface area contributed by atoms with Crippen LogP contribution in [0.2, 0.25) is 0 Å². The Bertz CT molecular complexity index is 1040. The fourth-order valence-electron chi connectivity index (χ4n) is 4.24. The molecule has 1 aromatic carbocycles. The smallest absolute Gasteiger partial charge is 0.265 e. The van der Waals surface area contributed by atoms with E-state index in [2.05, 4.69) is 50.9 Å². The number of hydrogen-bond donors (Lipinski definition) is 0. The van der Waals surface area contributed by atoms with Crippen LogP contribution in [-0.4, -0.2) is 65.0 Å². The molecule has 30 heavy (non-hydrogen) atoms. The van der Waals surface area contributed by atoms with E-state index in [-0.39, 0.29) is 11.3 Å². The summed E-state index contributed by atoms with van der Waals surface area (Å²) in [6.45, 7) is 9.87. The highest BCUT2D eigenvalue weighted by atomic mass is 32.1. The number of aromatic nitrogens is 2. The van der Waals surface area contributed by atoms with E-state index in [1.54, 1.807) is 4.90 Å². The number of benzene rings is 1. The summed E-state index contributed by atoms with van der Waals surface area (Å²) in [5, 5.41) is 0. The highest BCUT2D eigenvalue weighted by Gasteiger charge is 2.22. The van der Waals surface area contributed by atoms with E-state index in [0.29, 0.717) is 6.10 Å². The molecule has 1 unspecified atom stereocenters. The number of thiazole rings is 1. The third-order valence-electron chi connectivity index (χ3n) is 5.43. The van der Waals surface area contributed by atoms with Gasteiger partial charge in [-0.1, -0.05) is 38.2 Å². The molecular weight excluding hydrogens is 396 g/mol. The topological polar surface area (TPSA) is 50.1 Å². The minimum atomic E-state index is 0.0564. The molecule has 6 nitrogen and oxygen atoms in total. The van der Waals surface area contributed by atoms with Gasteiger partial charge in [-0.25, -0.2) is 4.98 Å². The monoisotopic (exact) mass is 428 g/mol. The number of ether oxygens (including phenoxy) is 1. The number of hydrogen-bond acceptors (Lipinski definition) is 5. The van der Waals surface area contributed by atoms with Crippen LogP contribution >= 0.6 is 11.3 Å². The fraction of sp³-hybridized carbons (Fsp3) is 0.565. The van der Waals surface area contributed by atoms with Gasteiger partial charge in [0.1, 0.15) is 4.88 Å². The van der Waals surface area contributed by atoms with Gasteiger partial charge in [-0.05, 0) is 43.0 Å². The lowest BCUT2D eigenvalue weighted by molar-refractivity contribution is 0.0750. The summed E-state index contributed by atoms with van der Waals surface area (Å²) in [7, 11) is 4.01. The Morgan fingerprint density at radius 1 is 1.33 bits per heavy atom. The van der Waals surface area contributed by atoms with Gasteiger partial charge < -0.3 is 9.64 Å². The van der Waals surface area contributed by atoms with Gasteiger partial charge in [0.2, 0.25) is 0 Å². The third-order valence-corrected chi connectivity index (χ3v) is 6.40. The average Bonchev–Trinajstić information content (AvgIpc) is 3.35. The SMILES string of the molecule is CN(Cc1ccc2c(c1)nc1sc(C(=O)N(C)CC(C)(C)C)cn12)CC1CCCO1. The van der Waals surface area contributed by atoms with Crippen molar-refractivity contribution >= 4 is 33.2 Å². The van der Waals surface area contributed by atoms with Crippen molar-refractivity contribution in [3.05, 3.63) is 34.8 Å². The third kappa shape index (κ3) is 4.68. The number of rotatable bonds is 6. The lowest BCUT2D eigenvalue weighted by Crippen LogP contribution is -2.34. The molecule has 7 heteroatoms. The summed E-state index contributed by atoms with van der Waals surface area (Å²) in [6.07, 6.45) is 4.63. The normalized spacial score (nSPS) is 17.5. The van der Waals surface area contributed by atoms with Crippen molar-refractivity contribution in [2.24, 2.45) is 5.41 Å². The molecule has 0 radical (unpaired) electrons. The first kappa shape index (κ1) is 21.3. The number of fused-ring (bicyclic) bond motifs is 3. The van der Waals surface area contributed by atoms with Gasteiger partial charge in [0.25, 0.3) is 5.91 Å². The van der Waals surface area contributed by atoms with Crippen molar-refractivity contribution in [3.63, 3.8) is 0 Å². The van der Waals surface area contributed by atoms with Crippen LogP contribution in [0, 0.1) is 5.41 Å². The fourth-order valence-corrected chi connectivity index (χ4v) is 5.23. The Balaban J connectivity index is 1.50. The maximum Gasteiger partial charge on any atom is 0.265 e. The second-order valence-corrected chi connectivity index (χ2v) is 10.7. The molecule has 3 heterocycles. The predicted octanol–water partition coefficient (Wildman–Crippen LogP) is 4.28. The number of carbonyl (C=O) groups excluding carboxylic acids is 1. The highest BCUT2D eigenvalue weighted by Crippen LogP contribution is 2.26. The van der Waals surface area contributed by atoms with E-state index >= 15 is 0 Å². The number of imidazole rings is 1. The summed E-state index contributed by atoms with van der Waals surface area (Å²) in [4.78, 5) is 23.3. The summed E-state index contributed by atoms with van der Waals surface area (Å²) in [5.74, 6) is 0.0564. The second kappa shape index (κ2) is 8.29.